The second-order valence-electron chi connectivity index (χ2n) is 5.97. The summed E-state index contributed by atoms with van der Waals surface area (Å²) in [7, 11) is 0. The Balaban J connectivity index is 1.58. The van der Waals surface area contributed by atoms with E-state index in [4.69, 9.17) is 0 Å². The number of pyridine rings is 1. The van der Waals surface area contributed by atoms with E-state index in [1.54, 1.807) is 6.20 Å². The number of aromatic nitrogens is 3. The van der Waals surface area contributed by atoms with Gasteiger partial charge >= 0.3 is 0 Å². The summed E-state index contributed by atoms with van der Waals surface area (Å²) in [4.78, 5) is 35.6. The number of aromatic amines is 1. The van der Waals surface area contributed by atoms with Crippen molar-refractivity contribution in [3.05, 3.63) is 51.8 Å². The second kappa shape index (κ2) is 5.49. The molecule has 1 amide bonds. The van der Waals surface area contributed by atoms with Crippen molar-refractivity contribution in [1.29, 1.82) is 0 Å². The fraction of sp³-hybridized carbons (Fsp3) is 0.375. The van der Waals surface area contributed by atoms with Gasteiger partial charge in [-0.25, -0.2) is 9.97 Å². The van der Waals surface area contributed by atoms with E-state index in [1.165, 1.54) is 6.07 Å². The Labute approximate surface area is 132 Å². The molecule has 1 unspecified atom stereocenters. The van der Waals surface area contributed by atoms with Crippen LogP contribution in [0, 0.1) is 0 Å². The zero-order valence-electron chi connectivity index (χ0n) is 12.5. The topological polar surface area (TPSA) is 99.8 Å². The van der Waals surface area contributed by atoms with Crippen molar-refractivity contribution in [1.82, 2.24) is 20.3 Å². The third kappa shape index (κ3) is 2.81. The predicted octanol–water partition coefficient (Wildman–Crippen LogP) is 1.33. The standard InChI is InChI=1S/C16H17N5O2/c22-13-8-12(19-14(21-13)9-3-4-9)16(23)20-11-5-7-18-15-10(11)2-1-6-17-15/h1-2,6,8-9,11H,3-5,7H2,(H,17,18)(H,20,23)(H,19,21,22). The molecule has 3 N–H and O–H groups in total. The van der Waals surface area contributed by atoms with E-state index in [-0.39, 0.29) is 23.2 Å². The van der Waals surface area contributed by atoms with E-state index in [0.717, 1.165) is 37.2 Å². The molecule has 1 aliphatic heterocycles. The van der Waals surface area contributed by atoms with Crippen molar-refractivity contribution in [3.8, 4) is 0 Å². The summed E-state index contributed by atoms with van der Waals surface area (Å²) in [5.74, 6) is 1.38. The first-order chi connectivity index (χ1) is 11.2. The minimum Gasteiger partial charge on any atom is -0.370 e. The van der Waals surface area contributed by atoms with E-state index in [1.807, 2.05) is 12.1 Å². The van der Waals surface area contributed by atoms with Gasteiger partial charge in [0.2, 0.25) is 0 Å². The number of carbonyl (C=O) groups is 1. The number of fused-ring (bicyclic) bond motifs is 1. The Morgan fingerprint density at radius 1 is 1.30 bits per heavy atom. The van der Waals surface area contributed by atoms with Crippen molar-refractivity contribution in [2.24, 2.45) is 0 Å². The average molecular weight is 311 g/mol. The lowest BCUT2D eigenvalue weighted by molar-refractivity contribution is 0.0929. The first kappa shape index (κ1) is 13.9. The van der Waals surface area contributed by atoms with Crippen LogP contribution in [0.25, 0.3) is 0 Å². The first-order valence-electron chi connectivity index (χ1n) is 7.81. The minimum absolute atomic E-state index is 0.127. The third-order valence-electron chi connectivity index (χ3n) is 4.20. The number of carbonyl (C=O) groups excluding carboxylic acids is 1. The number of hydrogen-bond acceptors (Lipinski definition) is 5. The quantitative estimate of drug-likeness (QED) is 0.794. The fourth-order valence-electron chi connectivity index (χ4n) is 2.86. The molecule has 2 aliphatic rings. The lowest BCUT2D eigenvalue weighted by Crippen LogP contribution is -2.34. The highest BCUT2D eigenvalue weighted by Gasteiger charge is 2.28. The second-order valence-corrected chi connectivity index (χ2v) is 5.97. The molecular formula is C16H17N5O2. The predicted molar refractivity (Wildman–Crippen MR) is 84.4 cm³/mol. The summed E-state index contributed by atoms with van der Waals surface area (Å²) in [6, 6.07) is 4.92. The number of nitrogens with one attached hydrogen (secondary N) is 3. The van der Waals surface area contributed by atoms with Gasteiger partial charge < -0.3 is 15.6 Å². The van der Waals surface area contributed by atoms with Gasteiger partial charge in [-0.3, -0.25) is 9.59 Å². The molecule has 4 rings (SSSR count). The van der Waals surface area contributed by atoms with Crippen molar-refractivity contribution in [2.75, 3.05) is 11.9 Å². The molecule has 2 aromatic heterocycles. The molecule has 1 fully saturated rings. The SMILES string of the molecule is O=C(NC1CCNc2ncccc21)c1cc(=O)[nH]c(C2CC2)n1. The van der Waals surface area contributed by atoms with Crippen LogP contribution in [0.5, 0.6) is 0 Å². The maximum absolute atomic E-state index is 12.5. The molecule has 0 bridgehead atoms. The van der Waals surface area contributed by atoms with Crippen LogP contribution in [0.4, 0.5) is 5.82 Å². The molecule has 1 aliphatic carbocycles. The van der Waals surface area contributed by atoms with Gasteiger partial charge in [0, 0.05) is 30.3 Å². The molecule has 23 heavy (non-hydrogen) atoms. The fourth-order valence-corrected chi connectivity index (χ4v) is 2.86. The largest absolute Gasteiger partial charge is 0.370 e. The van der Waals surface area contributed by atoms with Gasteiger partial charge in [0.15, 0.2) is 0 Å². The smallest absolute Gasteiger partial charge is 0.270 e. The van der Waals surface area contributed by atoms with E-state index < -0.39 is 0 Å². The van der Waals surface area contributed by atoms with Crippen molar-refractivity contribution in [3.63, 3.8) is 0 Å². The Bertz CT molecular complexity index is 812. The number of rotatable bonds is 3. The maximum Gasteiger partial charge on any atom is 0.270 e. The molecule has 1 saturated carbocycles. The van der Waals surface area contributed by atoms with Gasteiger partial charge in [0.05, 0.1) is 6.04 Å². The van der Waals surface area contributed by atoms with E-state index in [9.17, 15) is 9.59 Å². The highest BCUT2D eigenvalue weighted by atomic mass is 16.2. The molecule has 7 nitrogen and oxygen atoms in total. The Morgan fingerprint density at radius 3 is 3.00 bits per heavy atom. The highest BCUT2D eigenvalue weighted by molar-refractivity contribution is 5.92. The molecule has 7 heteroatoms. The average Bonchev–Trinajstić information content (AvgIpc) is 3.39. The van der Waals surface area contributed by atoms with Gasteiger partial charge in [-0.05, 0) is 25.3 Å². The van der Waals surface area contributed by atoms with Gasteiger partial charge in [-0.15, -0.1) is 0 Å². The lowest BCUT2D eigenvalue weighted by atomic mass is 10.0. The molecular weight excluding hydrogens is 294 g/mol. The monoisotopic (exact) mass is 311 g/mol. The van der Waals surface area contributed by atoms with Gasteiger partial charge in [-0.1, -0.05) is 6.07 Å². The Hall–Kier alpha value is -2.70. The van der Waals surface area contributed by atoms with Crippen LogP contribution in [0.1, 0.15) is 53.1 Å². The van der Waals surface area contributed by atoms with E-state index >= 15 is 0 Å². The highest BCUT2D eigenvalue weighted by Crippen LogP contribution is 2.37. The minimum atomic E-state index is -0.320. The number of anilines is 1. The molecule has 118 valence electrons. The summed E-state index contributed by atoms with van der Waals surface area (Å²) >= 11 is 0. The third-order valence-corrected chi connectivity index (χ3v) is 4.20. The number of nitrogens with zero attached hydrogens (tertiary/aromatic N) is 2. The summed E-state index contributed by atoms with van der Waals surface area (Å²) in [6.45, 7) is 0.741. The molecule has 0 aromatic carbocycles. The van der Waals surface area contributed by atoms with Crippen LogP contribution in [0.2, 0.25) is 0 Å². The van der Waals surface area contributed by atoms with Crippen LogP contribution >= 0.6 is 0 Å². The Kier molecular flexibility index (Phi) is 3.33. The lowest BCUT2D eigenvalue weighted by Gasteiger charge is -2.26. The zero-order chi connectivity index (χ0) is 15.8. The van der Waals surface area contributed by atoms with Crippen molar-refractivity contribution < 1.29 is 4.79 Å². The van der Waals surface area contributed by atoms with Crippen LogP contribution in [0.3, 0.4) is 0 Å². The van der Waals surface area contributed by atoms with Crippen LogP contribution < -0.4 is 16.2 Å². The number of H-pyrrole nitrogens is 1. The summed E-state index contributed by atoms with van der Waals surface area (Å²) in [6.07, 6.45) is 4.52. The van der Waals surface area contributed by atoms with Crippen LogP contribution in [-0.4, -0.2) is 27.4 Å². The van der Waals surface area contributed by atoms with Crippen LogP contribution in [-0.2, 0) is 0 Å². The zero-order valence-corrected chi connectivity index (χ0v) is 12.5. The van der Waals surface area contributed by atoms with Crippen molar-refractivity contribution in [2.45, 2.75) is 31.2 Å². The maximum atomic E-state index is 12.5. The molecule has 0 spiro atoms. The summed E-state index contributed by atoms with van der Waals surface area (Å²) in [5.41, 5.74) is 0.860. The number of amides is 1. The van der Waals surface area contributed by atoms with E-state index in [2.05, 4.69) is 25.6 Å². The molecule has 3 heterocycles. The number of hydrogen-bond donors (Lipinski definition) is 3. The van der Waals surface area contributed by atoms with Gasteiger partial charge in [0.25, 0.3) is 11.5 Å². The van der Waals surface area contributed by atoms with E-state index in [0.29, 0.717) is 11.7 Å². The molecule has 0 radical (unpaired) electrons. The normalized spacial score (nSPS) is 19.6. The van der Waals surface area contributed by atoms with Crippen LogP contribution in [0.15, 0.2) is 29.2 Å². The van der Waals surface area contributed by atoms with Gasteiger partial charge in [0.1, 0.15) is 17.3 Å². The summed E-state index contributed by atoms with van der Waals surface area (Å²) in [5, 5.41) is 6.18. The Morgan fingerprint density at radius 2 is 2.17 bits per heavy atom. The van der Waals surface area contributed by atoms with Crippen molar-refractivity contribution >= 4 is 11.7 Å². The first-order valence-corrected chi connectivity index (χ1v) is 7.81. The molecule has 2 aromatic rings. The molecule has 0 saturated heterocycles. The van der Waals surface area contributed by atoms with Gasteiger partial charge in [-0.2, -0.15) is 0 Å². The molecule has 1 atom stereocenters. The summed E-state index contributed by atoms with van der Waals surface area (Å²) < 4.78 is 0.